The molecule has 1 amide bonds. The van der Waals surface area contributed by atoms with Crippen LogP contribution in [0.2, 0.25) is 5.02 Å². The van der Waals surface area contributed by atoms with E-state index in [0.717, 1.165) is 24.8 Å². The second-order valence-electron chi connectivity index (χ2n) is 5.82. The summed E-state index contributed by atoms with van der Waals surface area (Å²) in [7, 11) is 1.33. The number of benzene rings is 2. The normalized spacial score (nSPS) is 12.0. The number of carbonyl (C=O) groups excluding carboxylic acids is 2. The summed E-state index contributed by atoms with van der Waals surface area (Å²) in [5.41, 5.74) is 0.799. The molecule has 0 aliphatic rings. The number of rotatable bonds is 3. The maximum absolute atomic E-state index is 12.9. The van der Waals surface area contributed by atoms with Crippen molar-refractivity contribution < 1.29 is 14.3 Å². The third-order valence-electron chi connectivity index (χ3n) is 4.09. The summed E-state index contributed by atoms with van der Waals surface area (Å²) in [5.74, 6) is -0.855. The molecule has 4 aromatic rings. The first-order valence-electron chi connectivity index (χ1n) is 8.09. The Morgan fingerprint density at radius 1 is 1.18 bits per heavy atom. The van der Waals surface area contributed by atoms with Crippen LogP contribution in [0.4, 0.5) is 0 Å². The van der Waals surface area contributed by atoms with Crippen LogP contribution in [0, 0.1) is 0 Å². The molecule has 0 bridgehead atoms. The van der Waals surface area contributed by atoms with E-state index in [2.05, 4.69) is 20.9 Å². The van der Waals surface area contributed by atoms with Gasteiger partial charge in [-0.15, -0.1) is 11.3 Å². The fourth-order valence-electron chi connectivity index (χ4n) is 2.77. The van der Waals surface area contributed by atoms with E-state index in [9.17, 15) is 9.59 Å². The number of amides is 1. The van der Waals surface area contributed by atoms with Crippen LogP contribution in [0.25, 0.3) is 20.3 Å². The fraction of sp³-hybridized carbons (Fsp3) is 0.105. The molecule has 142 valence electrons. The fourth-order valence-corrected chi connectivity index (χ4v) is 5.74. The van der Waals surface area contributed by atoms with Gasteiger partial charge in [0.1, 0.15) is 11.4 Å². The second-order valence-corrected chi connectivity index (χ2v) is 9.17. The highest BCUT2D eigenvalue weighted by Gasteiger charge is 2.18. The van der Waals surface area contributed by atoms with Gasteiger partial charge in [0.2, 0.25) is 0 Å². The van der Waals surface area contributed by atoms with E-state index in [4.69, 9.17) is 16.3 Å². The van der Waals surface area contributed by atoms with Crippen LogP contribution in [0.15, 0.2) is 51.9 Å². The molecule has 0 N–H and O–H groups in total. The first kappa shape index (κ1) is 19.3. The van der Waals surface area contributed by atoms with Crippen molar-refractivity contribution >= 4 is 82.4 Å². The van der Waals surface area contributed by atoms with Gasteiger partial charge in [-0.3, -0.25) is 9.59 Å². The minimum absolute atomic E-state index is 0.0373. The first-order chi connectivity index (χ1) is 13.5. The van der Waals surface area contributed by atoms with Gasteiger partial charge in [0.25, 0.3) is 5.91 Å². The Morgan fingerprint density at radius 2 is 1.96 bits per heavy atom. The molecule has 0 aliphatic heterocycles. The van der Waals surface area contributed by atoms with Gasteiger partial charge < -0.3 is 9.30 Å². The van der Waals surface area contributed by atoms with Crippen LogP contribution in [0.1, 0.15) is 9.67 Å². The van der Waals surface area contributed by atoms with Crippen LogP contribution in [0.5, 0.6) is 0 Å². The van der Waals surface area contributed by atoms with Gasteiger partial charge in [0, 0.05) is 14.6 Å². The smallest absolute Gasteiger partial charge is 0.325 e. The quantitative estimate of drug-likeness (QED) is 0.365. The minimum atomic E-state index is -0.435. The molecule has 0 fully saturated rings. The second kappa shape index (κ2) is 7.79. The SMILES string of the molecule is COC(=O)Cn1c(=NC(=O)c2sc3ccccc3c2Cl)sc2cc(Br)ccc21. The predicted octanol–water partition coefficient (Wildman–Crippen LogP) is 5.25. The maximum atomic E-state index is 12.9. The van der Waals surface area contributed by atoms with E-state index >= 15 is 0 Å². The largest absolute Gasteiger partial charge is 0.468 e. The van der Waals surface area contributed by atoms with Crippen molar-refractivity contribution in [1.29, 1.82) is 0 Å². The minimum Gasteiger partial charge on any atom is -0.468 e. The number of hydrogen-bond donors (Lipinski definition) is 0. The Morgan fingerprint density at radius 3 is 2.71 bits per heavy atom. The molecule has 2 aromatic carbocycles. The van der Waals surface area contributed by atoms with E-state index in [1.54, 1.807) is 4.57 Å². The van der Waals surface area contributed by atoms with Gasteiger partial charge in [0.15, 0.2) is 4.80 Å². The summed E-state index contributed by atoms with van der Waals surface area (Å²) < 4.78 is 9.19. The van der Waals surface area contributed by atoms with Crippen molar-refractivity contribution in [2.75, 3.05) is 7.11 Å². The number of aromatic nitrogens is 1. The van der Waals surface area contributed by atoms with Gasteiger partial charge in [0.05, 0.1) is 22.3 Å². The van der Waals surface area contributed by atoms with Crippen molar-refractivity contribution in [3.05, 3.63) is 61.6 Å². The molecule has 0 radical (unpaired) electrons. The van der Waals surface area contributed by atoms with Crippen molar-refractivity contribution in [3.8, 4) is 0 Å². The van der Waals surface area contributed by atoms with E-state index in [1.165, 1.54) is 29.8 Å². The van der Waals surface area contributed by atoms with Gasteiger partial charge in [-0.05, 0) is 24.3 Å². The number of halogens is 2. The van der Waals surface area contributed by atoms with Gasteiger partial charge >= 0.3 is 5.97 Å². The van der Waals surface area contributed by atoms with E-state index in [0.29, 0.717) is 14.7 Å². The van der Waals surface area contributed by atoms with Crippen molar-refractivity contribution in [1.82, 2.24) is 4.57 Å². The molecule has 4 rings (SSSR count). The lowest BCUT2D eigenvalue weighted by molar-refractivity contribution is -0.141. The lowest BCUT2D eigenvalue weighted by Crippen LogP contribution is -2.22. The van der Waals surface area contributed by atoms with Gasteiger partial charge in [-0.25, -0.2) is 0 Å². The molecule has 0 saturated heterocycles. The third kappa shape index (κ3) is 3.53. The average Bonchev–Trinajstić information content (AvgIpc) is 3.19. The molecule has 0 unspecified atom stereocenters. The third-order valence-corrected chi connectivity index (χ3v) is 7.28. The first-order valence-corrected chi connectivity index (χ1v) is 10.9. The van der Waals surface area contributed by atoms with Gasteiger partial charge in [-0.1, -0.05) is 57.1 Å². The zero-order valence-electron chi connectivity index (χ0n) is 14.4. The topological polar surface area (TPSA) is 60.7 Å². The zero-order valence-corrected chi connectivity index (χ0v) is 18.4. The highest BCUT2D eigenvalue weighted by atomic mass is 79.9. The zero-order chi connectivity index (χ0) is 19.8. The predicted molar refractivity (Wildman–Crippen MR) is 116 cm³/mol. The number of fused-ring (bicyclic) bond motifs is 2. The molecule has 0 saturated carbocycles. The Bertz CT molecular complexity index is 1310. The van der Waals surface area contributed by atoms with E-state index in [-0.39, 0.29) is 6.54 Å². The molecule has 9 heteroatoms. The molecular formula is C19H12BrClN2O3S2. The van der Waals surface area contributed by atoms with Crippen molar-refractivity contribution in [2.24, 2.45) is 4.99 Å². The van der Waals surface area contributed by atoms with Crippen LogP contribution in [-0.4, -0.2) is 23.6 Å². The Hall–Kier alpha value is -2.00. The Labute approximate surface area is 181 Å². The summed E-state index contributed by atoms with van der Waals surface area (Å²) in [6, 6.07) is 13.2. The number of nitrogens with zero attached hydrogens (tertiary/aromatic N) is 2. The standard InChI is InChI=1S/C19H12BrClN2O3S2/c1-26-15(24)9-23-12-7-6-10(20)8-14(12)28-19(23)22-18(25)17-16(21)11-4-2-3-5-13(11)27-17/h2-8H,9H2,1H3. The van der Waals surface area contributed by atoms with E-state index in [1.807, 2.05) is 42.5 Å². The lowest BCUT2D eigenvalue weighted by Gasteiger charge is -2.03. The molecule has 2 heterocycles. The van der Waals surface area contributed by atoms with Crippen molar-refractivity contribution in [3.63, 3.8) is 0 Å². The number of thiazole rings is 1. The molecular weight excluding hydrogens is 484 g/mol. The number of hydrogen-bond acceptors (Lipinski definition) is 5. The molecule has 0 atom stereocenters. The summed E-state index contributed by atoms with van der Waals surface area (Å²) in [6.07, 6.45) is 0. The maximum Gasteiger partial charge on any atom is 0.325 e. The molecule has 5 nitrogen and oxygen atoms in total. The van der Waals surface area contributed by atoms with Crippen LogP contribution in [-0.2, 0) is 16.1 Å². The monoisotopic (exact) mass is 494 g/mol. The summed E-state index contributed by atoms with van der Waals surface area (Å²) in [6.45, 7) is -0.0373. The van der Waals surface area contributed by atoms with E-state index < -0.39 is 11.9 Å². The van der Waals surface area contributed by atoms with Crippen LogP contribution in [0.3, 0.4) is 0 Å². The average molecular weight is 496 g/mol. The number of esters is 1. The number of carbonyl (C=O) groups is 2. The Balaban J connectivity index is 1.87. The van der Waals surface area contributed by atoms with Crippen LogP contribution < -0.4 is 4.80 Å². The van der Waals surface area contributed by atoms with Crippen LogP contribution >= 0.6 is 50.2 Å². The van der Waals surface area contributed by atoms with Crippen molar-refractivity contribution in [2.45, 2.75) is 6.54 Å². The molecule has 0 aliphatic carbocycles. The molecule has 28 heavy (non-hydrogen) atoms. The summed E-state index contributed by atoms with van der Waals surface area (Å²) in [5, 5.41) is 1.23. The summed E-state index contributed by atoms with van der Waals surface area (Å²) in [4.78, 5) is 29.8. The van der Waals surface area contributed by atoms with Gasteiger partial charge in [-0.2, -0.15) is 4.99 Å². The number of ether oxygens (including phenoxy) is 1. The Kier molecular flexibility index (Phi) is 5.37. The molecule has 2 aromatic heterocycles. The summed E-state index contributed by atoms with van der Waals surface area (Å²) >= 11 is 12.5. The highest BCUT2D eigenvalue weighted by Crippen LogP contribution is 2.35. The number of methoxy groups -OCH3 is 1. The number of thiophene rings is 1. The lowest BCUT2D eigenvalue weighted by atomic mass is 10.2. The molecule has 0 spiro atoms. The highest BCUT2D eigenvalue weighted by molar-refractivity contribution is 9.10.